The van der Waals surface area contributed by atoms with Crippen molar-refractivity contribution < 1.29 is 29.1 Å². The Labute approximate surface area is 199 Å². The van der Waals surface area contributed by atoms with Crippen molar-refractivity contribution in [3.05, 3.63) is 88.0 Å². The summed E-state index contributed by atoms with van der Waals surface area (Å²) >= 11 is 0. The van der Waals surface area contributed by atoms with Gasteiger partial charge in [-0.2, -0.15) is 0 Å². The molecule has 1 unspecified atom stereocenters. The van der Waals surface area contributed by atoms with E-state index in [0.29, 0.717) is 30.0 Å². The number of fused-ring (bicyclic) bond motifs is 1. The number of nitro groups is 1. The van der Waals surface area contributed by atoms with Gasteiger partial charge in [0.15, 0.2) is 11.5 Å². The number of hydrogen-bond acceptors (Lipinski definition) is 8. The van der Waals surface area contributed by atoms with Gasteiger partial charge in [0.2, 0.25) is 6.79 Å². The summed E-state index contributed by atoms with van der Waals surface area (Å²) in [7, 11) is 0. The summed E-state index contributed by atoms with van der Waals surface area (Å²) in [5, 5.41) is 22.6. The van der Waals surface area contributed by atoms with E-state index in [9.17, 15) is 24.8 Å². The molecule has 0 bridgehead atoms. The Hall–Kier alpha value is -4.67. The van der Waals surface area contributed by atoms with Gasteiger partial charge in [-0.1, -0.05) is 12.1 Å². The maximum absolute atomic E-state index is 13.1. The highest BCUT2D eigenvalue weighted by Crippen LogP contribution is 2.42. The highest BCUT2D eigenvalue weighted by atomic mass is 16.7. The predicted octanol–water partition coefficient (Wildman–Crippen LogP) is 3.03. The summed E-state index contributed by atoms with van der Waals surface area (Å²) in [6.45, 7) is 0.773. The predicted molar refractivity (Wildman–Crippen MR) is 122 cm³/mol. The van der Waals surface area contributed by atoms with E-state index >= 15 is 0 Å². The molecule has 1 saturated heterocycles. The number of hydrogen-bond donors (Lipinski definition) is 1. The molecule has 1 fully saturated rings. The number of imidazole rings is 1. The van der Waals surface area contributed by atoms with Crippen molar-refractivity contribution in [1.29, 1.82) is 0 Å². The lowest BCUT2D eigenvalue weighted by Gasteiger charge is -2.25. The normalized spacial score (nSPS) is 18.3. The smallest absolute Gasteiger partial charge is 0.295 e. The molecule has 3 heterocycles. The van der Waals surface area contributed by atoms with Crippen LogP contribution in [0.2, 0.25) is 0 Å². The highest BCUT2D eigenvalue weighted by Gasteiger charge is 2.46. The summed E-state index contributed by atoms with van der Waals surface area (Å²) in [5.74, 6) is -1.14. The van der Waals surface area contributed by atoms with Crippen LogP contribution in [0.25, 0.3) is 5.76 Å². The van der Waals surface area contributed by atoms with E-state index in [1.165, 1.54) is 29.2 Å². The van der Waals surface area contributed by atoms with Crippen LogP contribution in [0.1, 0.15) is 23.6 Å². The Balaban J connectivity index is 1.56. The van der Waals surface area contributed by atoms with Crippen LogP contribution in [-0.4, -0.2) is 49.5 Å². The fourth-order valence-electron chi connectivity index (χ4n) is 4.31. The Bertz CT molecular complexity index is 1350. The summed E-state index contributed by atoms with van der Waals surface area (Å²) in [6, 6.07) is 9.40. The van der Waals surface area contributed by atoms with Gasteiger partial charge in [0, 0.05) is 43.2 Å². The van der Waals surface area contributed by atoms with Gasteiger partial charge in [0.25, 0.3) is 17.4 Å². The number of ether oxygens (including phenoxy) is 2. The van der Waals surface area contributed by atoms with Crippen LogP contribution in [0, 0.1) is 10.1 Å². The van der Waals surface area contributed by atoms with E-state index in [4.69, 9.17) is 9.47 Å². The minimum atomic E-state index is -0.997. The van der Waals surface area contributed by atoms with Gasteiger partial charge in [-0.05, 0) is 30.2 Å². The minimum absolute atomic E-state index is 0.0362. The fourth-order valence-corrected chi connectivity index (χ4v) is 4.31. The van der Waals surface area contributed by atoms with Gasteiger partial charge in [0.1, 0.15) is 5.76 Å². The van der Waals surface area contributed by atoms with Crippen molar-refractivity contribution >= 4 is 23.1 Å². The van der Waals surface area contributed by atoms with Crippen molar-refractivity contribution in [3.8, 4) is 11.5 Å². The van der Waals surface area contributed by atoms with Gasteiger partial charge >= 0.3 is 0 Å². The number of carbonyl (C=O) groups is 2. The number of aliphatic hydroxyl groups is 1. The van der Waals surface area contributed by atoms with Gasteiger partial charge in [0.05, 0.1) is 22.9 Å². The van der Waals surface area contributed by atoms with Crippen molar-refractivity contribution in [1.82, 2.24) is 14.5 Å². The van der Waals surface area contributed by atoms with Crippen LogP contribution in [-0.2, 0) is 16.1 Å². The second kappa shape index (κ2) is 8.93. The zero-order valence-electron chi connectivity index (χ0n) is 18.4. The van der Waals surface area contributed by atoms with Crippen LogP contribution >= 0.6 is 0 Å². The zero-order valence-corrected chi connectivity index (χ0v) is 18.4. The molecule has 11 nitrogen and oxygen atoms in total. The number of amides is 1. The van der Waals surface area contributed by atoms with Gasteiger partial charge in [-0.15, -0.1) is 0 Å². The third kappa shape index (κ3) is 4.07. The van der Waals surface area contributed by atoms with Crippen LogP contribution in [0.4, 0.5) is 5.69 Å². The van der Waals surface area contributed by atoms with Crippen molar-refractivity contribution in [2.24, 2.45) is 0 Å². The molecule has 11 heteroatoms. The van der Waals surface area contributed by atoms with Crippen LogP contribution in [0.3, 0.4) is 0 Å². The Morgan fingerprint density at radius 3 is 2.74 bits per heavy atom. The fraction of sp³-hybridized carbons (Fsp3) is 0.208. The number of non-ortho nitro benzene ring substituents is 1. The van der Waals surface area contributed by atoms with E-state index in [2.05, 4.69) is 4.98 Å². The van der Waals surface area contributed by atoms with Gasteiger partial charge in [-0.25, -0.2) is 4.98 Å². The summed E-state index contributed by atoms with van der Waals surface area (Å²) < 4.78 is 12.5. The SMILES string of the molecule is O=C1C(=O)N(CCCn2ccnc2)C(c2cccc([N+](=O)[O-])c2)C1=C(O)c1ccc2c(c1)OCO2. The molecule has 3 aromatic rings. The lowest BCUT2D eigenvalue weighted by molar-refractivity contribution is -0.384. The second-order valence-corrected chi connectivity index (χ2v) is 8.07. The van der Waals surface area contributed by atoms with E-state index in [1.54, 1.807) is 36.9 Å². The molecule has 2 aromatic carbocycles. The number of benzene rings is 2. The van der Waals surface area contributed by atoms with Crippen molar-refractivity contribution in [3.63, 3.8) is 0 Å². The molecule has 0 saturated carbocycles. The number of aryl methyl sites for hydroxylation is 1. The number of nitro benzene ring substituents is 1. The topological polar surface area (TPSA) is 137 Å². The first-order valence-electron chi connectivity index (χ1n) is 10.8. The molecule has 178 valence electrons. The minimum Gasteiger partial charge on any atom is -0.507 e. The number of nitrogens with zero attached hydrogens (tertiary/aromatic N) is 4. The first-order valence-corrected chi connectivity index (χ1v) is 10.8. The molecule has 2 aliphatic heterocycles. The Kier molecular flexibility index (Phi) is 5.65. The number of rotatable bonds is 7. The maximum atomic E-state index is 13.1. The number of Topliss-reactive ketones (excluding diaryl/α,β-unsaturated/α-hetero) is 1. The first kappa shape index (κ1) is 22.1. The molecule has 1 amide bonds. The average Bonchev–Trinajstić information content (AvgIpc) is 3.60. The highest BCUT2D eigenvalue weighted by molar-refractivity contribution is 6.46. The molecular formula is C24H20N4O7. The number of aromatic nitrogens is 2. The monoisotopic (exact) mass is 476 g/mol. The van der Waals surface area contributed by atoms with Crippen LogP contribution in [0.5, 0.6) is 11.5 Å². The lowest BCUT2D eigenvalue weighted by atomic mass is 9.95. The lowest BCUT2D eigenvalue weighted by Crippen LogP contribution is -2.31. The van der Waals surface area contributed by atoms with Crippen molar-refractivity contribution in [2.45, 2.75) is 19.0 Å². The van der Waals surface area contributed by atoms with E-state index < -0.39 is 28.4 Å². The van der Waals surface area contributed by atoms with Crippen LogP contribution < -0.4 is 9.47 Å². The quantitative estimate of drug-likeness (QED) is 0.181. The second-order valence-electron chi connectivity index (χ2n) is 8.07. The molecule has 1 N–H and O–H groups in total. The third-order valence-corrected chi connectivity index (χ3v) is 5.96. The average molecular weight is 476 g/mol. The first-order chi connectivity index (χ1) is 16.9. The van der Waals surface area contributed by atoms with Gasteiger partial charge < -0.3 is 24.0 Å². The number of likely N-dealkylation sites (tertiary alicyclic amines) is 1. The molecule has 35 heavy (non-hydrogen) atoms. The van der Waals surface area contributed by atoms with E-state index in [-0.39, 0.29) is 30.2 Å². The molecule has 1 aromatic heterocycles. The van der Waals surface area contributed by atoms with Crippen molar-refractivity contribution in [2.75, 3.05) is 13.3 Å². The summed E-state index contributed by atoms with van der Waals surface area (Å²) in [4.78, 5) is 42.4. The van der Waals surface area contributed by atoms with E-state index in [1.807, 2.05) is 4.57 Å². The summed E-state index contributed by atoms with van der Waals surface area (Å²) in [5.41, 5.74) is 0.288. The largest absolute Gasteiger partial charge is 0.507 e. The maximum Gasteiger partial charge on any atom is 0.295 e. The standard InChI is InChI=1S/C24H20N4O7/c29-22(16-5-6-18-19(12-16)35-14-34-18)20-21(15-3-1-4-17(11-15)28(32)33)27(24(31)23(20)30)9-2-8-26-10-7-25-13-26/h1,3-7,10-13,21,29H,2,8-9,14H2. The molecule has 0 spiro atoms. The van der Waals surface area contributed by atoms with E-state index in [0.717, 1.165) is 0 Å². The number of carbonyl (C=O) groups excluding carboxylic acids is 2. The third-order valence-electron chi connectivity index (χ3n) is 5.96. The van der Waals surface area contributed by atoms with Crippen LogP contribution in [0.15, 0.2) is 66.8 Å². The number of aliphatic hydroxyl groups excluding tert-OH is 1. The molecule has 0 aliphatic carbocycles. The summed E-state index contributed by atoms with van der Waals surface area (Å²) in [6.07, 6.45) is 5.57. The molecule has 5 rings (SSSR count). The molecular weight excluding hydrogens is 456 g/mol. The number of ketones is 1. The van der Waals surface area contributed by atoms with Gasteiger partial charge in [-0.3, -0.25) is 19.7 Å². The molecule has 0 radical (unpaired) electrons. The Morgan fingerprint density at radius 2 is 1.97 bits per heavy atom. The Morgan fingerprint density at radius 1 is 1.14 bits per heavy atom. The molecule has 1 atom stereocenters. The molecule has 2 aliphatic rings. The zero-order chi connectivity index (χ0) is 24.5.